The predicted molar refractivity (Wildman–Crippen MR) is 56.2 cm³/mol. The van der Waals surface area contributed by atoms with E-state index in [0.717, 1.165) is 5.56 Å². The topological polar surface area (TPSA) is 0 Å². The van der Waals surface area contributed by atoms with Crippen LogP contribution in [0.3, 0.4) is 0 Å². The van der Waals surface area contributed by atoms with Crippen LogP contribution >= 0.6 is 0 Å². The fourth-order valence-electron chi connectivity index (χ4n) is 1.48. The van der Waals surface area contributed by atoms with Crippen LogP contribution in [0.15, 0.2) is 18.2 Å². The van der Waals surface area contributed by atoms with Crippen molar-refractivity contribution in [2.24, 2.45) is 0 Å². The summed E-state index contributed by atoms with van der Waals surface area (Å²) in [7, 11) is 5.49. The van der Waals surface area contributed by atoms with Crippen LogP contribution in [0.2, 0.25) is 0 Å². The molecule has 0 aliphatic carbocycles. The molecule has 0 saturated heterocycles. The fraction of sp³-hybridized carbons (Fsp3) is 0.364. The third-order valence-electron chi connectivity index (χ3n) is 2.22. The van der Waals surface area contributed by atoms with Crippen LogP contribution < -0.4 is 0 Å². The summed E-state index contributed by atoms with van der Waals surface area (Å²) in [5.41, 5.74) is 3.82. The molecule has 1 aromatic rings. The Labute approximate surface area is 75.7 Å². The van der Waals surface area contributed by atoms with E-state index in [-0.39, 0.29) is 0 Å². The SMILES string of the molecule is [B]=Cc1cccc(C(C)C)c1C. The maximum atomic E-state index is 5.49. The summed E-state index contributed by atoms with van der Waals surface area (Å²) in [6.07, 6.45) is 0. The van der Waals surface area contributed by atoms with Crippen molar-refractivity contribution in [3.05, 3.63) is 34.9 Å². The van der Waals surface area contributed by atoms with Gasteiger partial charge in [0.1, 0.15) is 0 Å². The van der Waals surface area contributed by atoms with Gasteiger partial charge in [0.25, 0.3) is 0 Å². The standard InChI is InChI=1S/C11H14B/c1-8(2)11-6-4-5-10(7-12)9(11)3/h4-8H,1-3H3. The first kappa shape index (κ1) is 9.24. The molecule has 0 atom stereocenters. The van der Waals surface area contributed by atoms with Crippen LogP contribution in [0.5, 0.6) is 0 Å². The number of rotatable bonds is 2. The van der Waals surface area contributed by atoms with Crippen molar-refractivity contribution in [1.82, 2.24) is 0 Å². The number of benzene rings is 1. The van der Waals surface area contributed by atoms with Crippen LogP contribution in [0.4, 0.5) is 0 Å². The normalized spacial score (nSPS) is 10.2. The summed E-state index contributed by atoms with van der Waals surface area (Å²) >= 11 is 0. The Balaban J connectivity index is 3.22. The first-order valence-corrected chi connectivity index (χ1v) is 4.31. The van der Waals surface area contributed by atoms with E-state index >= 15 is 0 Å². The van der Waals surface area contributed by atoms with Crippen LogP contribution in [0, 0.1) is 6.92 Å². The Morgan fingerprint density at radius 1 is 1.33 bits per heavy atom. The summed E-state index contributed by atoms with van der Waals surface area (Å²) in [5.74, 6) is 2.24. The van der Waals surface area contributed by atoms with E-state index in [0.29, 0.717) is 5.92 Å². The van der Waals surface area contributed by atoms with Gasteiger partial charge in [-0.3, -0.25) is 0 Å². The third kappa shape index (κ3) is 1.66. The summed E-state index contributed by atoms with van der Waals surface area (Å²) in [6, 6.07) is 6.26. The Morgan fingerprint density at radius 2 is 2.00 bits per heavy atom. The van der Waals surface area contributed by atoms with Crippen LogP contribution in [0.1, 0.15) is 36.5 Å². The average molecular weight is 157 g/mol. The van der Waals surface area contributed by atoms with Crippen LogP contribution in [-0.4, -0.2) is 13.5 Å². The van der Waals surface area contributed by atoms with E-state index in [2.05, 4.69) is 32.9 Å². The van der Waals surface area contributed by atoms with E-state index in [9.17, 15) is 0 Å². The van der Waals surface area contributed by atoms with Crippen molar-refractivity contribution in [1.29, 1.82) is 0 Å². The van der Waals surface area contributed by atoms with Crippen LogP contribution in [-0.2, 0) is 0 Å². The van der Waals surface area contributed by atoms with Gasteiger partial charge in [-0.25, -0.2) is 0 Å². The predicted octanol–water partition coefficient (Wildman–Crippen LogP) is 2.44. The molecule has 1 aromatic carbocycles. The van der Waals surface area contributed by atoms with Crippen molar-refractivity contribution < 1.29 is 0 Å². The van der Waals surface area contributed by atoms with Crippen molar-refractivity contribution in [2.75, 3.05) is 0 Å². The molecule has 1 radical (unpaired) electrons. The maximum absolute atomic E-state index is 5.49. The zero-order valence-electron chi connectivity index (χ0n) is 7.96. The third-order valence-corrected chi connectivity index (χ3v) is 2.22. The zero-order valence-corrected chi connectivity index (χ0v) is 7.96. The van der Waals surface area contributed by atoms with E-state index in [1.54, 1.807) is 5.97 Å². The van der Waals surface area contributed by atoms with Gasteiger partial charge in [0.15, 0.2) is 0 Å². The molecule has 0 bridgehead atoms. The second kappa shape index (κ2) is 3.71. The molecule has 0 aromatic heterocycles. The van der Waals surface area contributed by atoms with Crippen molar-refractivity contribution in [3.63, 3.8) is 0 Å². The van der Waals surface area contributed by atoms with Gasteiger partial charge >= 0.3 is 75.0 Å². The number of hydrogen-bond donors (Lipinski definition) is 0. The molecule has 0 nitrogen and oxygen atoms in total. The molecule has 1 rings (SSSR count). The molecule has 0 spiro atoms. The van der Waals surface area contributed by atoms with Crippen molar-refractivity contribution in [2.45, 2.75) is 26.7 Å². The molecule has 0 N–H and O–H groups in total. The molecule has 0 fully saturated rings. The molecule has 0 aliphatic heterocycles. The minimum atomic E-state index is 0.574. The Bertz CT molecular complexity index is 287. The summed E-state index contributed by atoms with van der Waals surface area (Å²) in [6.45, 7) is 6.51. The first-order valence-electron chi connectivity index (χ1n) is 4.31. The Kier molecular flexibility index (Phi) is 2.85. The van der Waals surface area contributed by atoms with Gasteiger partial charge in [-0.05, 0) is 0 Å². The molecule has 61 valence electrons. The minimum absolute atomic E-state index is 0.574. The second-order valence-electron chi connectivity index (χ2n) is 3.38. The molecule has 0 saturated carbocycles. The van der Waals surface area contributed by atoms with Crippen molar-refractivity contribution >= 4 is 13.5 Å². The van der Waals surface area contributed by atoms with E-state index in [1.165, 1.54) is 11.1 Å². The first-order chi connectivity index (χ1) is 5.66. The molecule has 0 unspecified atom stereocenters. The molecule has 0 aliphatic rings. The average Bonchev–Trinajstić information content (AvgIpc) is 2.04. The van der Waals surface area contributed by atoms with Crippen molar-refractivity contribution in [3.8, 4) is 0 Å². The van der Waals surface area contributed by atoms with Gasteiger partial charge in [-0.15, -0.1) is 0 Å². The van der Waals surface area contributed by atoms with Gasteiger partial charge in [0.2, 0.25) is 0 Å². The Morgan fingerprint density at radius 3 is 2.50 bits per heavy atom. The van der Waals surface area contributed by atoms with Crippen LogP contribution in [0.25, 0.3) is 0 Å². The summed E-state index contributed by atoms with van der Waals surface area (Å²) in [4.78, 5) is 0. The van der Waals surface area contributed by atoms with Gasteiger partial charge < -0.3 is 0 Å². The molecule has 0 amide bonds. The van der Waals surface area contributed by atoms with Gasteiger partial charge in [0, 0.05) is 0 Å². The molecular weight excluding hydrogens is 143 g/mol. The number of hydrogen-bond acceptors (Lipinski definition) is 0. The molecule has 0 heterocycles. The molecule has 1 heteroatoms. The summed E-state index contributed by atoms with van der Waals surface area (Å²) < 4.78 is 0. The van der Waals surface area contributed by atoms with Gasteiger partial charge in [-0.2, -0.15) is 0 Å². The fourth-order valence-corrected chi connectivity index (χ4v) is 1.48. The quantitative estimate of drug-likeness (QED) is 0.578. The molecular formula is C11H14B. The monoisotopic (exact) mass is 157 g/mol. The Hall–Kier alpha value is -0.845. The molecule has 12 heavy (non-hydrogen) atoms. The van der Waals surface area contributed by atoms with Gasteiger partial charge in [0.05, 0.1) is 0 Å². The van der Waals surface area contributed by atoms with E-state index in [1.807, 2.05) is 6.07 Å². The second-order valence-corrected chi connectivity index (χ2v) is 3.38. The van der Waals surface area contributed by atoms with E-state index in [4.69, 9.17) is 7.49 Å². The van der Waals surface area contributed by atoms with Gasteiger partial charge in [-0.1, -0.05) is 0 Å². The zero-order chi connectivity index (χ0) is 9.14. The van der Waals surface area contributed by atoms with E-state index < -0.39 is 0 Å². The summed E-state index contributed by atoms with van der Waals surface area (Å²) in [5, 5.41) is 0.